The van der Waals surface area contributed by atoms with E-state index < -0.39 is 0 Å². The maximum absolute atomic E-state index is 13.9. The quantitative estimate of drug-likeness (QED) is 0.448. The molecule has 4 aromatic rings. The van der Waals surface area contributed by atoms with E-state index in [0.29, 0.717) is 41.6 Å². The molecule has 1 N–H and O–H groups in total. The first kappa shape index (κ1) is 22.0. The molecule has 2 aromatic carbocycles. The van der Waals surface area contributed by atoms with Gasteiger partial charge in [-0.2, -0.15) is 4.98 Å². The molecule has 1 aliphatic rings. The molecule has 0 saturated carbocycles. The normalized spacial score (nSPS) is 18.3. The number of nitrogens with one attached hydrogen (secondary N) is 1. The Kier molecular flexibility index (Phi) is 5.96. The highest BCUT2D eigenvalue weighted by atomic mass is 19.1. The summed E-state index contributed by atoms with van der Waals surface area (Å²) in [6, 6.07) is 12.1. The molecular formula is C26H26FN5O2. The van der Waals surface area contributed by atoms with Gasteiger partial charge in [0.15, 0.2) is 11.4 Å². The zero-order valence-corrected chi connectivity index (χ0v) is 19.2. The fourth-order valence-corrected chi connectivity index (χ4v) is 4.60. The van der Waals surface area contributed by atoms with Crippen LogP contribution < -0.4 is 5.32 Å². The second-order valence-electron chi connectivity index (χ2n) is 8.82. The second-order valence-corrected chi connectivity index (χ2v) is 8.82. The largest absolute Gasteiger partial charge is 0.424 e. The molecule has 2 atom stereocenters. The van der Waals surface area contributed by atoms with Crippen LogP contribution >= 0.6 is 0 Å². The van der Waals surface area contributed by atoms with Gasteiger partial charge in [-0.15, -0.1) is 0 Å². The summed E-state index contributed by atoms with van der Waals surface area (Å²) < 4.78 is 19.2. The Hall–Kier alpha value is -3.81. The van der Waals surface area contributed by atoms with Crippen LogP contribution in [-0.4, -0.2) is 44.9 Å². The highest BCUT2D eigenvalue weighted by Crippen LogP contribution is 2.29. The summed E-state index contributed by atoms with van der Waals surface area (Å²) in [6.07, 6.45) is 5.32. The van der Waals surface area contributed by atoms with Gasteiger partial charge in [-0.1, -0.05) is 24.6 Å². The number of hydrogen-bond acceptors (Lipinski definition) is 6. The fourth-order valence-electron chi connectivity index (χ4n) is 4.60. The highest BCUT2D eigenvalue weighted by molar-refractivity contribution is 6.00. The van der Waals surface area contributed by atoms with Gasteiger partial charge in [0.25, 0.3) is 11.9 Å². The number of likely N-dealkylation sites (tertiary alicyclic amines) is 1. The van der Waals surface area contributed by atoms with Gasteiger partial charge in [0.2, 0.25) is 0 Å². The van der Waals surface area contributed by atoms with Gasteiger partial charge in [-0.3, -0.25) is 4.79 Å². The number of fused-ring (bicyclic) bond motifs is 1. The molecule has 1 amide bonds. The third kappa shape index (κ3) is 4.35. The van der Waals surface area contributed by atoms with Crippen LogP contribution in [0.1, 0.15) is 35.7 Å². The van der Waals surface area contributed by atoms with Crippen molar-refractivity contribution in [3.8, 4) is 11.4 Å². The van der Waals surface area contributed by atoms with Crippen LogP contribution in [0.4, 0.5) is 10.4 Å². The first-order chi connectivity index (χ1) is 16.5. The summed E-state index contributed by atoms with van der Waals surface area (Å²) in [5, 5.41) is 3.23. The molecule has 3 heterocycles. The van der Waals surface area contributed by atoms with Crippen LogP contribution in [0.15, 0.2) is 59.3 Å². The number of rotatable bonds is 5. The molecule has 0 bridgehead atoms. The number of carbonyl (C=O) groups is 1. The van der Waals surface area contributed by atoms with Crippen LogP contribution in [0.2, 0.25) is 0 Å². The number of oxazole rings is 1. The van der Waals surface area contributed by atoms with Crippen LogP contribution in [0, 0.1) is 18.7 Å². The zero-order chi connectivity index (χ0) is 23.7. The van der Waals surface area contributed by atoms with Crippen molar-refractivity contribution in [3.05, 3.63) is 71.8 Å². The molecule has 5 rings (SSSR count). The van der Waals surface area contributed by atoms with Gasteiger partial charge in [0.05, 0.1) is 11.6 Å². The molecule has 1 fully saturated rings. The Bertz CT molecular complexity index is 1320. The minimum absolute atomic E-state index is 0.0378. The Labute approximate surface area is 197 Å². The van der Waals surface area contributed by atoms with E-state index in [4.69, 9.17) is 4.42 Å². The first-order valence-corrected chi connectivity index (χ1v) is 11.5. The maximum Gasteiger partial charge on any atom is 0.295 e. The summed E-state index contributed by atoms with van der Waals surface area (Å²) in [4.78, 5) is 28.9. The van der Waals surface area contributed by atoms with Crippen molar-refractivity contribution >= 4 is 23.0 Å². The zero-order valence-electron chi connectivity index (χ0n) is 19.2. The lowest BCUT2D eigenvalue weighted by Gasteiger charge is -2.40. The fraction of sp³-hybridized carbons (Fsp3) is 0.308. The average Bonchev–Trinajstić information content (AvgIpc) is 3.25. The molecule has 8 heteroatoms. The SMILES string of the molecule is Cc1ccc(-c2ncccn2)c(C(=O)N2CCCC(C)C2CNc2nc3cc(F)ccc3o2)c1. The summed E-state index contributed by atoms with van der Waals surface area (Å²) in [6.45, 7) is 5.27. The number of benzene rings is 2. The van der Waals surface area contributed by atoms with Gasteiger partial charge in [0.1, 0.15) is 11.3 Å². The number of aryl methyl sites for hydroxylation is 1. The van der Waals surface area contributed by atoms with Crippen molar-refractivity contribution in [1.29, 1.82) is 0 Å². The van der Waals surface area contributed by atoms with Crippen LogP contribution in [0.25, 0.3) is 22.5 Å². The van der Waals surface area contributed by atoms with Crippen LogP contribution in [0.5, 0.6) is 0 Å². The van der Waals surface area contributed by atoms with E-state index in [-0.39, 0.29) is 23.7 Å². The summed E-state index contributed by atoms with van der Waals surface area (Å²) >= 11 is 0. The van der Waals surface area contributed by atoms with E-state index in [0.717, 1.165) is 24.0 Å². The van der Waals surface area contributed by atoms with Gasteiger partial charge in [-0.25, -0.2) is 14.4 Å². The van der Waals surface area contributed by atoms with Crippen LogP contribution in [-0.2, 0) is 0 Å². The third-order valence-corrected chi connectivity index (χ3v) is 6.40. The molecule has 1 aliphatic heterocycles. The summed E-state index contributed by atoms with van der Waals surface area (Å²) in [5.74, 6) is 0.420. The van der Waals surface area contributed by atoms with E-state index in [2.05, 4.69) is 27.2 Å². The Morgan fingerprint density at radius 1 is 1.21 bits per heavy atom. The standard InChI is InChI=1S/C26H26FN5O2/c1-16-6-8-19(24-28-10-4-11-29-24)20(13-16)25(33)32-12-3-5-17(2)22(32)15-30-26-31-21-14-18(27)7-9-23(21)34-26/h4,6-11,13-14,17,22H,3,5,12,15H2,1-2H3,(H,30,31). The number of hydrogen-bond donors (Lipinski definition) is 1. The van der Waals surface area contributed by atoms with Crippen LogP contribution in [0.3, 0.4) is 0 Å². The summed E-state index contributed by atoms with van der Waals surface area (Å²) in [5.41, 5.74) is 3.30. The van der Waals surface area contributed by atoms with E-state index in [1.807, 2.05) is 30.0 Å². The minimum Gasteiger partial charge on any atom is -0.424 e. The lowest BCUT2D eigenvalue weighted by Crippen LogP contribution is -2.51. The first-order valence-electron chi connectivity index (χ1n) is 11.5. The lowest BCUT2D eigenvalue weighted by molar-refractivity contribution is 0.0540. The summed E-state index contributed by atoms with van der Waals surface area (Å²) in [7, 11) is 0. The molecule has 0 radical (unpaired) electrons. The highest BCUT2D eigenvalue weighted by Gasteiger charge is 2.33. The number of nitrogens with zero attached hydrogens (tertiary/aromatic N) is 4. The number of halogens is 1. The molecule has 1 saturated heterocycles. The van der Waals surface area contributed by atoms with Crippen molar-refractivity contribution in [2.24, 2.45) is 5.92 Å². The van der Waals surface area contributed by atoms with Crippen molar-refractivity contribution < 1.29 is 13.6 Å². The van der Waals surface area contributed by atoms with Crippen molar-refractivity contribution in [2.75, 3.05) is 18.4 Å². The molecule has 0 aliphatic carbocycles. The molecule has 2 aromatic heterocycles. The molecular weight excluding hydrogens is 433 g/mol. The van der Waals surface area contributed by atoms with Gasteiger partial charge in [0, 0.05) is 37.1 Å². The van der Waals surface area contributed by atoms with E-state index in [9.17, 15) is 9.18 Å². The van der Waals surface area contributed by atoms with E-state index in [1.54, 1.807) is 24.5 Å². The smallest absolute Gasteiger partial charge is 0.295 e. The second kappa shape index (κ2) is 9.21. The monoisotopic (exact) mass is 459 g/mol. The number of aromatic nitrogens is 3. The number of carbonyl (C=O) groups excluding carboxylic acids is 1. The lowest BCUT2D eigenvalue weighted by atomic mass is 9.89. The van der Waals surface area contributed by atoms with Crippen molar-refractivity contribution in [1.82, 2.24) is 19.9 Å². The Morgan fingerprint density at radius 2 is 2.03 bits per heavy atom. The number of piperidine rings is 1. The van der Waals surface area contributed by atoms with Gasteiger partial charge >= 0.3 is 0 Å². The molecule has 7 nitrogen and oxygen atoms in total. The van der Waals surface area contributed by atoms with Crippen molar-refractivity contribution in [3.63, 3.8) is 0 Å². The van der Waals surface area contributed by atoms with E-state index in [1.165, 1.54) is 12.1 Å². The Balaban J connectivity index is 1.41. The topological polar surface area (TPSA) is 84.2 Å². The number of anilines is 1. The molecule has 2 unspecified atom stereocenters. The van der Waals surface area contributed by atoms with Crippen molar-refractivity contribution in [2.45, 2.75) is 32.7 Å². The van der Waals surface area contributed by atoms with E-state index >= 15 is 0 Å². The maximum atomic E-state index is 13.9. The third-order valence-electron chi connectivity index (χ3n) is 6.40. The molecule has 34 heavy (non-hydrogen) atoms. The molecule has 174 valence electrons. The number of amides is 1. The minimum atomic E-state index is -0.360. The predicted octanol–water partition coefficient (Wildman–Crippen LogP) is 5.09. The average molecular weight is 460 g/mol. The van der Waals surface area contributed by atoms with Gasteiger partial charge in [-0.05, 0) is 49.9 Å². The van der Waals surface area contributed by atoms with Gasteiger partial charge < -0.3 is 14.6 Å². The Morgan fingerprint density at radius 3 is 2.85 bits per heavy atom. The molecule has 0 spiro atoms. The predicted molar refractivity (Wildman–Crippen MR) is 128 cm³/mol.